The van der Waals surface area contributed by atoms with Crippen LogP contribution < -0.4 is 4.90 Å². The molecule has 1 aromatic carbocycles. The van der Waals surface area contributed by atoms with Gasteiger partial charge in [0.1, 0.15) is 5.69 Å². The summed E-state index contributed by atoms with van der Waals surface area (Å²) < 4.78 is 29.4. The van der Waals surface area contributed by atoms with Crippen molar-refractivity contribution in [3.63, 3.8) is 0 Å². The summed E-state index contributed by atoms with van der Waals surface area (Å²) in [6.07, 6.45) is 9.32. The van der Waals surface area contributed by atoms with Gasteiger partial charge in [-0.3, -0.25) is 14.8 Å². The van der Waals surface area contributed by atoms with Crippen molar-refractivity contribution in [1.29, 1.82) is 0 Å². The summed E-state index contributed by atoms with van der Waals surface area (Å²) in [4.78, 5) is 13.4. The predicted octanol–water partition coefficient (Wildman–Crippen LogP) is 3.28. The summed E-state index contributed by atoms with van der Waals surface area (Å²) >= 11 is 0. The van der Waals surface area contributed by atoms with Gasteiger partial charge in [-0.25, -0.2) is 8.42 Å². The molecule has 0 spiro atoms. The molecular formula is C21H29N5O4S. The maximum Gasteiger partial charge on any atom is 0.293 e. The molecule has 0 aliphatic carbocycles. The number of sulfonamides is 1. The number of anilines is 1. The molecule has 168 valence electrons. The third kappa shape index (κ3) is 4.59. The van der Waals surface area contributed by atoms with Crippen LogP contribution in [0.4, 0.5) is 11.4 Å². The van der Waals surface area contributed by atoms with Crippen LogP contribution in [0.5, 0.6) is 0 Å². The lowest BCUT2D eigenvalue weighted by atomic mass is 9.91. The van der Waals surface area contributed by atoms with Crippen LogP contribution in [-0.2, 0) is 17.1 Å². The van der Waals surface area contributed by atoms with Crippen molar-refractivity contribution in [2.45, 2.75) is 49.3 Å². The Labute approximate surface area is 182 Å². The van der Waals surface area contributed by atoms with E-state index in [1.54, 1.807) is 10.7 Å². The summed E-state index contributed by atoms with van der Waals surface area (Å²) in [5.41, 5.74) is 1.54. The lowest BCUT2D eigenvalue weighted by Gasteiger charge is -2.33. The molecule has 2 aliphatic heterocycles. The average Bonchev–Trinajstić information content (AvgIpc) is 3.01. The molecule has 0 unspecified atom stereocenters. The van der Waals surface area contributed by atoms with E-state index in [1.807, 2.05) is 24.3 Å². The third-order valence-corrected chi connectivity index (χ3v) is 8.27. The van der Waals surface area contributed by atoms with Gasteiger partial charge < -0.3 is 4.90 Å². The molecule has 0 amide bonds. The lowest BCUT2D eigenvalue weighted by Crippen LogP contribution is -2.34. The van der Waals surface area contributed by atoms with Gasteiger partial charge in [-0.1, -0.05) is 12.8 Å². The Morgan fingerprint density at radius 1 is 1.06 bits per heavy atom. The standard InChI is InChI=1S/C21H29N5O4S/c1-23-16-18(15-22-23)17-8-12-24(13-9-17)20-7-6-19(14-21(20)26(27)28)31(29,30)25-10-4-2-3-5-11-25/h6-7,14-17H,2-5,8-13H2,1H3. The van der Waals surface area contributed by atoms with Gasteiger partial charge in [-0.15, -0.1) is 0 Å². The van der Waals surface area contributed by atoms with E-state index in [1.165, 1.54) is 22.0 Å². The molecule has 4 rings (SSSR count). The Morgan fingerprint density at radius 3 is 2.32 bits per heavy atom. The Balaban J connectivity index is 1.55. The van der Waals surface area contributed by atoms with Crippen LogP contribution in [0.15, 0.2) is 35.5 Å². The van der Waals surface area contributed by atoms with Crippen LogP contribution in [0.1, 0.15) is 50.0 Å². The number of hydrogen-bond acceptors (Lipinski definition) is 6. The number of nitro benzene ring substituents is 1. The Hall–Kier alpha value is -2.46. The number of rotatable bonds is 5. The zero-order valence-corrected chi connectivity index (χ0v) is 18.6. The second-order valence-corrected chi connectivity index (χ2v) is 10.4. The number of nitro groups is 1. The van der Waals surface area contributed by atoms with Crippen molar-refractivity contribution in [2.24, 2.45) is 7.05 Å². The molecule has 0 bridgehead atoms. The second-order valence-electron chi connectivity index (χ2n) is 8.43. The minimum atomic E-state index is -3.73. The molecule has 0 N–H and O–H groups in total. The number of aryl methyl sites for hydroxylation is 1. The first kappa shape index (κ1) is 21.8. The molecule has 2 fully saturated rings. The van der Waals surface area contributed by atoms with E-state index in [0.29, 0.717) is 37.8 Å². The highest BCUT2D eigenvalue weighted by Crippen LogP contribution is 2.36. The molecule has 2 aromatic rings. The zero-order valence-electron chi connectivity index (χ0n) is 17.8. The van der Waals surface area contributed by atoms with Gasteiger partial charge in [0, 0.05) is 45.5 Å². The molecule has 9 nitrogen and oxygen atoms in total. The Kier molecular flexibility index (Phi) is 6.29. The first-order valence-corrected chi connectivity index (χ1v) is 12.3. The lowest BCUT2D eigenvalue weighted by molar-refractivity contribution is -0.384. The minimum Gasteiger partial charge on any atom is -0.366 e. The average molecular weight is 448 g/mol. The summed E-state index contributed by atoms with van der Waals surface area (Å²) in [7, 11) is -1.84. The monoisotopic (exact) mass is 447 g/mol. The van der Waals surface area contributed by atoms with Crippen molar-refractivity contribution in [3.8, 4) is 0 Å². The highest BCUT2D eigenvalue weighted by Gasteiger charge is 2.30. The van der Waals surface area contributed by atoms with E-state index in [4.69, 9.17) is 0 Å². The van der Waals surface area contributed by atoms with E-state index >= 15 is 0 Å². The third-order valence-electron chi connectivity index (χ3n) is 6.38. The van der Waals surface area contributed by atoms with Gasteiger partial charge >= 0.3 is 0 Å². The van der Waals surface area contributed by atoms with Crippen molar-refractivity contribution in [1.82, 2.24) is 14.1 Å². The summed E-state index contributed by atoms with van der Waals surface area (Å²) in [6.45, 7) is 2.30. The van der Waals surface area contributed by atoms with Gasteiger partial charge in [0.2, 0.25) is 10.0 Å². The van der Waals surface area contributed by atoms with Gasteiger partial charge in [-0.05, 0) is 49.3 Å². The molecule has 2 aliphatic rings. The number of hydrogen-bond donors (Lipinski definition) is 0. The van der Waals surface area contributed by atoms with E-state index in [2.05, 4.69) is 5.10 Å². The molecule has 31 heavy (non-hydrogen) atoms. The quantitative estimate of drug-likeness (QED) is 0.515. The highest BCUT2D eigenvalue weighted by atomic mass is 32.2. The summed E-state index contributed by atoms with van der Waals surface area (Å²) in [5, 5.41) is 16.1. The molecular weight excluding hydrogens is 418 g/mol. The maximum absolute atomic E-state index is 13.1. The first-order chi connectivity index (χ1) is 14.9. The number of benzene rings is 1. The fourth-order valence-corrected chi connectivity index (χ4v) is 6.15. The van der Waals surface area contributed by atoms with E-state index < -0.39 is 14.9 Å². The molecule has 1 aromatic heterocycles. The SMILES string of the molecule is Cn1cc(C2CCN(c3ccc(S(=O)(=O)N4CCCCCC4)cc3[N+](=O)[O-])CC2)cn1. The second kappa shape index (κ2) is 8.96. The number of piperidine rings is 1. The van der Waals surface area contributed by atoms with E-state index in [0.717, 1.165) is 38.5 Å². The van der Waals surface area contributed by atoms with Crippen LogP contribution >= 0.6 is 0 Å². The molecule has 2 saturated heterocycles. The Bertz CT molecular complexity index is 1040. The van der Waals surface area contributed by atoms with Gasteiger partial charge in [0.15, 0.2) is 0 Å². The highest BCUT2D eigenvalue weighted by molar-refractivity contribution is 7.89. The van der Waals surface area contributed by atoms with Crippen LogP contribution in [0.3, 0.4) is 0 Å². The molecule has 10 heteroatoms. The predicted molar refractivity (Wildman–Crippen MR) is 118 cm³/mol. The van der Waals surface area contributed by atoms with Gasteiger partial charge in [0.05, 0.1) is 16.0 Å². The largest absolute Gasteiger partial charge is 0.366 e. The molecule has 0 radical (unpaired) electrons. The Morgan fingerprint density at radius 2 is 1.74 bits per heavy atom. The van der Waals surface area contributed by atoms with Crippen molar-refractivity contribution >= 4 is 21.4 Å². The van der Waals surface area contributed by atoms with Gasteiger partial charge in [0.25, 0.3) is 5.69 Å². The van der Waals surface area contributed by atoms with E-state index in [-0.39, 0.29) is 10.6 Å². The zero-order chi connectivity index (χ0) is 22.0. The summed E-state index contributed by atoms with van der Waals surface area (Å²) in [6, 6.07) is 4.37. The van der Waals surface area contributed by atoms with E-state index in [9.17, 15) is 18.5 Å². The fraction of sp³-hybridized carbons (Fsp3) is 0.571. The van der Waals surface area contributed by atoms with Crippen LogP contribution in [0, 0.1) is 10.1 Å². The smallest absolute Gasteiger partial charge is 0.293 e. The maximum atomic E-state index is 13.1. The normalized spacial score (nSPS) is 19.3. The summed E-state index contributed by atoms with van der Waals surface area (Å²) in [5.74, 6) is 0.381. The van der Waals surface area contributed by atoms with Crippen molar-refractivity contribution in [2.75, 3.05) is 31.1 Å². The fourth-order valence-electron chi connectivity index (χ4n) is 4.61. The minimum absolute atomic E-state index is 0.00935. The van der Waals surface area contributed by atoms with Crippen molar-refractivity contribution < 1.29 is 13.3 Å². The van der Waals surface area contributed by atoms with Crippen LogP contribution in [0.25, 0.3) is 0 Å². The number of aromatic nitrogens is 2. The van der Waals surface area contributed by atoms with Gasteiger partial charge in [-0.2, -0.15) is 9.40 Å². The van der Waals surface area contributed by atoms with Crippen LogP contribution in [0.2, 0.25) is 0 Å². The molecule has 0 atom stereocenters. The topological polar surface area (TPSA) is 102 Å². The van der Waals surface area contributed by atoms with Crippen LogP contribution in [-0.4, -0.2) is 53.6 Å². The molecule has 0 saturated carbocycles. The molecule has 3 heterocycles. The first-order valence-electron chi connectivity index (χ1n) is 10.9. The van der Waals surface area contributed by atoms with Crippen molar-refractivity contribution in [3.05, 3.63) is 46.3 Å². The number of nitrogens with zero attached hydrogens (tertiary/aromatic N) is 5.